The summed E-state index contributed by atoms with van der Waals surface area (Å²) in [6.07, 6.45) is 3.35. The second kappa shape index (κ2) is 5.00. The highest BCUT2D eigenvalue weighted by Crippen LogP contribution is 2.30. The van der Waals surface area contributed by atoms with Crippen molar-refractivity contribution in [3.63, 3.8) is 0 Å². The van der Waals surface area contributed by atoms with Crippen LogP contribution < -0.4 is 11.3 Å². The van der Waals surface area contributed by atoms with Crippen molar-refractivity contribution in [2.45, 2.75) is 10.2 Å². The van der Waals surface area contributed by atoms with Gasteiger partial charge in [-0.05, 0) is 23.9 Å². The van der Waals surface area contributed by atoms with E-state index in [9.17, 15) is 0 Å². The molecular formula is C10H8ClN7S. The van der Waals surface area contributed by atoms with Crippen LogP contribution in [-0.2, 0) is 0 Å². The molecule has 0 amide bonds. The first kappa shape index (κ1) is 12.2. The molecule has 0 aromatic carbocycles. The lowest BCUT2D eigenvalue weighted by molar-refractivity contribution is 0.914. The number of nitrogens with zero attached hydrogens (tertiary/aromatic N) is 5. The highest BCUT2D eigenvalue weighted by molar-refractivity contribution is 7.99. The van der Waals surface area contributed by atoms with Gasteiger partial charge in [-0.25, -0.2) is 15.8 Å². The molecule has 0 aliphatic heterocycles. The second-order valence-corrected chi connectivity index (χ2v) is 4.87. The number of aromatic nitrogens is 5. The number of anilines is 1. The third-order valence-corrected chi connectivity index (χ3v) is 3.67. The maximum Gasteiger partial charge on any atom is 0.238 e. The summed E-state index contributed by atoms with van der Waals surface area (Å²) in [5.41, 5.74) is 3.13. The molecule has 19 heavy (non-hydrogen) atoms. The average Bonchev–Trinajstić information content (AvgIpc) is 2.85. The topological polar surface area (TPSA) is 94.0 Å². The molecule has 0 aliphatic rings. The van der Waals surface area contributed by atoms with Gasteiger partial charge in [0.05, 0.1) is 11.2 Å². The Balaban J connectivity index is 2.01. The molecule has 7 nitrogen and oxygen atoms in total. The summed E-state index contributed by atoms with van der Waals surface area (Å²) in [4.78, 5) is 8.09. The van der Waals surface area contributed by atoms with Gasteiger partial charge in [-0.15, -0.1) is 10.2 Å². The molecule has 3 aromatic rings. The van der Waals surface area contributed by atoms with Crippen molar-refractivity contribution in [3.8, 4) is 0 Å². The van der Waals surface area contributed by atoms with Crippen LogP contribution in [0.4, 0.5) is 5.95 Å². The number of hydrogen-bond donors (Lipinski definition) is 2. The summed E-state index contributed by atoms with van der Waals surface area (Å²) < 4.78 is 1.85. The first-order valence-electron chi connectivity index (χ1n) is 5.24. The van der Waals surface area contributed by atoms with Gasteiger partial charge in [0.25, 0.3) is 0 Å². The molecule has 0 saturated heterocycles. The van der Waals surface area contributed by atoms with E-state index in [0.717, 1.165) is 5.65 Å². The van der Waals surface area contributed by atoms with E-state index in [0.29, 0.717) is 21.2 Å². The Morgan fingerprint density at radius 3 is 3.05 bits per heavy atom. The summed E-state index contributed by atoms with van der Waals surface area (Å²) >= 11 is 7.34. The summed E-state index contributed by atoms with van der Waals surface area (Å²) in [6, 6.07) is 5.66. The van der Waals surface area contributed by atoms with E-state index >= 15 is 0 Å². The van der Waals surface area contributed by atoms with E-state index in [1.807, 2.05) is 28.8 Å². The van der Waals surface area contributed by atoms with Crippen molar-refractivity contribution in [3.05, 3.63) is 35.6 Å². The van der Waals surface area contributed by atoms with Crippen molar-refractivity contribution in [2.24, 2.45) is 5.84 Å². The van der Waals surface area contributed by atoms with Crippen LogP contribution in [0.1, 0.15) is 0 Å². The zero-order valence-corrected chi connectivity index (χ0v) is 11.1. The molecule has 0 saturated carbocycles. The van der Waals surface area contributed by atoms with Gasteiger partial charge in [-0.1, -0.05) is 17.7 Å². The van der Waals surface area contributed by atoms with Crippen molar-refractivity contribution in [1.82, 2.24) is 24.6 Å². The Bertz CT molecular complexity index is 729. The van der Waals surface area contributed by atoms with Gasteiger partial charge in [0.1, 0.15) is 5.03 Å². The molecule has 0 radical (unpaired) electrons. The molecule has 96 valence electrons. The molecule has 3 aromatic heterocycles. The summed E-state index contributed by atoms with van der Waals surface area (Å²) in [5.74, 6) is 5.56. The van der Waals surface area contributed by atoms with Crippen molar-refractivity contribution in [2.75, 3.05) is 5.43 Å². The number of hydrogen-bond acceptors (Lipinski definition) is 7. The van der Waals surface area contributed by atoms with E-state index in [4.69, 9.17) is 17.4 Å². The summed E-state index contributed by atoms with van der Waals surface area (Å²) in [5, 5.41) is 9.80. The van der Waals surface area contributed by atoms with Gasteiger partial charge in [0, 0.05) is 6.20 Å². The van der Waals surface area contributed by atoms with Crippen LogP contribution in [0.5, 0.6) is 0 Å². The van der Waals surface area contributed by atoms with Crippen LogP contribution >= 0.6 is 23.4 Å². The number of rotatable bonds is 3. The highest BCUT2D eigenvalue weighted by Gasteiger charge is 2.12. The maximum absolute atomic E-state index is 6.05. The van der Waals surface area contributed by atoms with Gasteiger partial charge < -0.3 is 0 Å². The van der Waals surface area contributed by atoms with E-state index < -0.39 is 0 Å². The van der Waals surface area contributed by atoms with Crippen molar-refractivity contribution in [1.29, 1.82) is 0 Å². The van der Waals surface area contributed by atoms with Gasteiger partial charge in [-0.3, -0.25) is 9.83 Å². The van der Waals surface area contributed by atoms with Gasteiger partial charge in [-0.2, -0.15) is 0 Å². The quantitative estimate of drug-likeness (QED) is 0.430. The monoisotopic (exact) mass is 293 g/mol. The second-order valence-electron chi connectivity index (χ2n) is 3.50. The Kier molecular flexibility index (Phi) is 3.20. The van der Waals surface area contributed by atoms with Crippen LogP contribution in [-0.4, -0.2) is 24.6 Å². The number of hydrazine groups is 1. The fourth-order valence-corrected chi connectivity index (χ4v) is 2.46. The van der Waals surface area contributed by atoms with E-state index in [1.165, 1.54) is 18.0 Å². The van der Waals surface area contributed by atoms with Crippen LogP contribution in [0.2, 0.25) is 5.02 Å². The Morgan fingerprint density at radius 2 is 2.21 bits per heavy atom. The molecule has 0 unspecified atom stereocenters. The molecule has 3 heterocycles. The van der Waals surface area contributed by atoms with Crippen molar-refractivity contribution < 1.29 is 0 Å². The third-order valence-electron chi connectivity index (χ3n) is 2.31. The SMILES string of the molecule is NNc1ncc(Cl)c(Sc2nnc3ccccn23)n1. The minimum atomic E-state index is 0.292. The standard InChI is InChI=1S/C10H8ClN7S/c11-6-5-13-9(15-12)14-8(6)19-10-17-16-7-3-1-2-4-18(7)10/h1-5H,12H2,(H,13,14,15). The Morgan fingerprint density at radius 1 is 1.32 bits per heavy atom. The van der Waals surface area contributed by atoms with E-state index in [-0.39, 0.29) is 0 Å². The smallest absolute Gasteiger partial charge is 0.238 e. The lowest BCUT2D eigenvalue weighted by Gasteiger charge is -2.03. The predicted molar refractivity (Wildman–Crippen MR) is 72.0 cm³/mol. The van der Waals surface area contributed by atoms with Crippen molar-refractivity contribution >= 4 is 35.0 Å². The number of nitrogens with two attached hydrogens (primary N) is 1. The molecule has 0 spiro atoms. The summed E-state index contributed by atoms with van der Waals surface area (Å²) in [6.45, 7) is 0. The fourth-order valence-electron chi connectivity index (χ4n) is 1.47. The predicted octanol–water partition coefficient (Wildman–Crippen LogP) is 1.61. The zero-order valence-electron chi connectivity index (χ0n) is 9.49. The zero-order chi connectivity index (χ0) is 13.2. The first-order valence-corrected chi connectivity index (χ1v) is 6.44. The molecular weight excluding hydrogens is 286 g/mol. The lowest BCUT2D eigenvalue weighted by atomic mass is 10.5. The van der Waals surface area contributed by atoms with Crippen LogP contribution in [0.3, 0.4) is 0 Å². The Labute approximate surface area is 117 Å². The molecule has 0 fully saturated rings. The fraction of sp³-hybridized carbons (Fsp3) is 0. The molecule has 3 N–H and O–H groups in total. The van der Waals surface area contributed by atoms with E-state index in [2.05, 4.69) is 25.6 Å². The number of halogens is 1. The molecule has 0 bridgehead atoms. The van der Waals surface area contributed by atoms with Gasteiger partial charge in [0.2, 0.25) is 11.1 Å². The molecule has 9 heteroatoms. The van der Waals surface area contributed by atoms with E-state index in [1.54, 1.807) is 0 Å². The third kappa shape index (κ3) is 2.33. The number of pyridine rings is 1. The van der Waals surface area contributed by atoms with Crippen LogP contribution in [0.15, 0.2) is 40.8 Å². The number of nitrogen functional groups attached to an aromatic ring is 1. The van der Waals surface area contributed by atoms with Crippen LogP contribution in [0.25, 0.3) is 5.65 Å². The first-order chi connectivity index (χ1) is 9.28. The highest BCUT2D eigenvalue weighted by atomic mass is 35.5. The maximum atomic E-state index is 6.05. The normalized spacial score (nSPS) is 10.8. The molecule has 0 aliphatic carbocycles. The van der Waals surface area contributed by atoms with Gasteiger partial charge >= 0.3 is 0 Å². The minimum Gasteiger partial charge on any atom is -0.292 e. The summed E-state index contributed by atoms with van der Waals surface area (Å²) in [7, 11) is 0. The number of nitrogens with one attached hydrogen (secondary N) is 1. The largest absolute Gasteiger partial charge is 0.292 e. The molecule has 3 rings (SSSR count). The van der Waals surface area contributed by atoms with Crippen LogP contribution in [0, 0.1) is 0 Å². The van der Waals surface area contributed by atoms with Gasteiger partial charge in [0.15, 0.2) is 5.65 Å². The molecule has 0 atom stereocenters. The lowest BCUT2D eigenvalue weighted by Crippen LogP contribution is -2.10. The minimum absolute atomic E-state index is 0.292. The average molecular weight is 294 g/mol. The number of fused-ring (bicyclic) bond motifs is 1. The Hall–Kier alpha value is -1.90.